The predicted octanol–water partition coefficient (Wildman–Crippen LogP) is 0.0860. The van der Waals surface area contributed by atoms with Crippen molar-refractivity contribution in [2.45, 2.75) is 12.8 Å². The summed E-state index contributed by atoms with van der Waals surface area (Å²) < 4.78 is 0. The highest BCUT2D eigenvalue weighted by atomic mass is 16.1. The van der Waals surface area contributed by atoms with Crippen LogP contribution in [0.25, 0.3) is 0 Å². The van der Waals surface area contributed by atoms with Crippen molar-refractivity contribution in [3.05, 3.63) is 6.92 Å². The lowest BCUT2D eigenvalue weighted by molar-refractivity contribution is -0.117. The van der Waals surface area contributed by atoms with E-state index in [1.54, 1.807) is 0 Å². The van der Waals surface area contributed by atoms with Crippen LogP contribution in [0.5, 0.6) is 0 Å². The maximum absolute atomic E-state index is 9.78. The second-order valence-corrected chi connectivity index (χ2v) is 1.07. The van der Waals surface area contributed by atoms with Crippen LogP contribution >= 0.6 is 0 Å². The van der Waals surface area contributed by atoms with Gasteiger partial charge in [-0.2, -0.15) is 0 Å². The molecule has 0 aromatic carbocycles. The minimum atomic E-state index is -0.273. The molecule has 0 aromatic heterocycles. The first-order valence-corrected chi connectivity index (χ1v) is 1.85. The molecule has 1 amide bonds. The van der Waals surface area contributed by atoms with Gasteiger partial charge in [0.15, 0.2) is 0 Å². The van der Waals surface area contributed by atoms with Crippen molar-refractivity contribution in [1.82, 2.24) is 0 Å². The summed E-state index contributed by atoms with van der Waals surface area (Å²) in [4.78, 5) is 9.78. The van der Waals surface area contributed by atoms with E-state index in [4.69, 9.17) is 5.73 Å². The standard InChI is InChI=1S/C4H7NO/c1-2-3-4(5)6/h1-3H2,(H-,5,6)/p+1. The van der Waals surface area contributed by atoms with Crippen LogP contribution in [-0.2, 0) is 4.79 Å². The van der Waals surface area contributed by atoms with E-state index in [0.29, 0.717) is 12.8 Å². The van der Waals surface area contributed by atoms with E-state index >= 15 is 0 Å². The van der Waals surface area contributed by atoms with Crippen LogP contribution in [0.4, 0.5) is 0 Å². The molecule has 0 saturated heterocycles. The summed E-state index contributed by atoms with van der Waals surface area (Å²) in [5.41, 5.74) is 4.72. The van der Waals surface area contributed by atoms with Crippen molar-refractivity contribution in [2.24, 2.45) is 5.73 Å². The maximum atomic E-state index is 9.78. The van der Waals surface area contributed by atoms with Gasteiger partial charge in [0.25, 0.3) is 0 Å². The minimum Gasteiger partial charge on any atom is -0.370 e. The van der Waals surface area contributed by atoms with Crippen molar-refractivity contribution in [3.8, 4) is 0 Å². The zero-order chi connectivity index (χ0) is 4.99. The molecule has 0 atom stereocenters. The Morgan fingerprint density at radius 1 is 1.83 bits per heavy atom. The summed E-state index contributed by atoms with van der Waals surface area (Å²) in [5, 5.41) is 0. The van der Waals surface area contributed by atoms with Gasteiger partial charge in [-0.05, 0) is 0 Å². The quantitative estimate of drug-likeness (QED) is 0.475. The fraction of sp³-hybridized carbons (Fsp3) is 0.500. The largest absolute Gasteiger partial charge is 0.370 e. The fourth-order valence-electron chi connectivity index (χ4n) is 0.174. The Kier molecular flexibility index (Phi) is 2.29. The highest BCUT2D eigenvalue weighted by Crippen LogP contribution is 1.79. The Balaban J connectivity index is 2.83. The van der Waals surface area contributed by atoms with Gasteiger partial charge in [0.05, 0.1) is 19.8 Å². The van der Waals surface area contributed by atoms with Gasteiger partial charge in [0.2, 0.25) is 5.91 Å². The molecular formula is C4H8NO+. The van der Waals surface area contributed by atoms with Crippen LogP contribution in [-0.4, -0.2) is 5.91 Å². The first kappa shape index (κ1) is 5.34. The molecule has 0 heterocycles. The molecular weight excluding hydrogens is 78.0 g/mol. The van der Waals surface area contributed by atoms with Gasteiger partial charge in [-0.1, -0.05) is 0 Å². The normalized spacial score (nSPS) is 8.00. The number of hydrogen-bond acceptors (Lipinski definition) is 1. The molecule has 2 heteroatoms. The van der Waals surface area contributed by atoms with Gasteiger partial charge in [-0.25, -0.2) is 0 Å². The predicted molar refractivity (Wildman–Crippen MR) is 23.8 cm³/mol. The molecule has 34 valence electrons. The van der Waals surface area contributed by atoms with Crippen molar-refractivity contribution in [1.29, 1.82) is 0 Å². The van der Waals surface area contributed by atoms with E-state index in [-0.39, 0.29) is 5.91 Å². The van der Waals surface area contributed by atoms with E-state index in [2.05, 4.69) is 6.92 Å². The first-order valence-electron chi connectivity index (χ1n) is 1.85. The van der Waals surface area contributed by atoms with Gasteiger partial charge in [0, 0.05) is 0 Å². The Morgan fingerprint density at radius 3 is 2.33 bits per heavy atom. The van der Waals surface area contributed by atoms with Crippen LogP contribution in [0.15, 0.2) is 0 Å². The molecule has 2 N–H and O–H groups in total. The van der Waals surface area contributed by atoms with Crippen LogP contribution in [0.1, 0.15) is 12.8 Å². The van der Waals surface area contributed by atoms with Crippen molar-refractivity contribution >= 4 is 5.91 Å². The Morgan fingerprint density at radius 2 is 2.33 bits per heavy atom. The van der Waals surface area contributed by atoms with Crippen LogP contribution in [0, 0.1) is 6.92 Å². The summed E-state index contributed by atoms with van der Waals surface area (Å²) in [7, 11) is 0. The van der Waals surface area contributed by atoms with Crippen molar-refractivity contribution in [3.63, 3.8) is 0 Å². The SMILES string of the molecule is [CH2+]CCC(N)=O. The molecule has 0 fully saturated rings. The molecule has 2 nitrogen and oxygen atoms in total. The van der Waals surface area contributed by atoms with Gasteiger partial charge >= 0.3 is 0 Å². The highest BCUT2D eigenvalue weighted by Gasteiger charge is 1.89. The molecule has 0 radical (unpaired) electrons. The molecule has 0 saturated carbocycles. The average molecular weight is 86.1 g/mol. The van der Waals surface area contributed by atoms with E-state index < -0.39 is 0 Å². The zero-order valence-corrected chi connectivity index (χ0v) is 3.61. The molecule has 0 aromatic rings. The molecule has 0 rings (SSSR count). The molecule has 0 unspecified atom stereocenters. The third-order valence-corrected chi connectivity index (χ3v) is 0.423. The molecule has 0 bridgehead atoms. The van der Waals surface area contributed by atoms with Crippen LogP contribution in [0.2, 0.25) is 0 Å². The first-order chi connectivity index (χ1) is 2.77. The number of carbonyl (C=O) groups is 1. The van der Waals surface area contributed by atoms with Gasteiger partial charge < -0.3 is 5.73 Å². The topological polar surface area (TPSA) is 43.1 Å². The summed E-state index contributed by atoms with van der Waals surface area (Å²) in [6.07, 6.45) is 1.01. The van der Waals surface area contributed by atoms with Gasteiger partial charge in [0.1, 0.15) is 0 Å². The van der Waals surface area contributed by atoms with E-state index in [9.17, 15) is 4.79 Å². The number of rotatable bonds is 2. The molecule has 0 spiro atoms. The van der Waals surface area contributed by atoms with Crippen LogP contribution in [0.3, 0.4) is 0 Å². The smallest absolute Gasteiger partial charge is 0.221 e. The summed E-state index contributed by atoms with van der Waals surface area (Å²) >= 11 is 0. The highest BCUT2D eigenvalue weighted by molar-refractivity contribution is 5.73. The fourth-order valence-corrected chi connectivity index (χ4v) is 0.174. The summed E-state index contributed by atoms with van der Waals surface area (Å²) in [5.74, 6) is -0.273. The van der Waals surface area contributed by atoms with E-state index in [1.807, 2.05) is 0 Å². The molecule has 0 aliphatic rings. The lowest BCUT2D eigenvalue weighted by atomic mass is 10.3. The third-order valence-electron chi connectivity index (χ3n) is 0.423. The van der Waals surface area contributed by atoms with Crippen molar-refractivity contribution < 1.29 is 4.79 Å². The van der Waals surface area contributed by atoms with Gasteiger partial charge in [-0.3, -0.25) is 4.79 Å². The summed E-state index contributed by atoms with van der Waals surface area (Å²) in [6.45, 7) is 3.42. The Labute approximate surface area is 37.3 Å². The van der Waals surface area contributed by atoms with E-state index in [0.717, 1.165) is 0 Å². The van der Waals surface area contributed by atoms with Gasteiger partial charge in [-0.15, -0.1) is 0 Å². The number of carbonyl (C=O) groups excluding carboxylic acids is 1. The number of nitrogens with two attached hydrogens (primary N) is 1. The summed E-state index contributed by atoms with van der Waals surface area (Å²) in [6, 6.07) is 0. The van der Waals surface area contributed by atoms with Crippen LogP contribution < -0.4 is 5.73 Å². The molecule has 0 aliphatic heterocycles. The Hall–Kier alpha value is -0.660. The van der Waals surface area contributed by atoms with E-state index in [1.165, 1.54) is 0 Å². The third kappa shape index (κ3) is 3.34. The maximum Gasteiger partial charge on any atom is 0.221 e. The zero-order valence-electron chi connectivity index (χ0n) is 3.61. The lowest BCUT2D eigenvalue weighted by Crippen LogP contribution is -2.08. The monoisotopic (exact) mass is 86.1 g/mol. The minimum absolute atomic E-state index is 0.273. The molecule has 0 aliphatic carbocycles. The number of amides is 1. The lowest BCUT2D eigenvalue weighted by Gasteiger charge is -1.76. The second-order valence-electron chi connectivity index (χ2n) is 1.07. The molecule has 6 heavy (non-hydrogen) atoms. The Bertz CT molecular complexity index is 51.5. The average Bonchev–Trinajstić information content (AvgIpc) is 1.35. The second kappa shape index (κ2) is 2.57. The van der Waals surface area contributed by atoms with Crippen molar-refractivity contribution in [2.75, 3.05) is 0 Å². The number of primary amides is 1. The number of hydrogen-bond donors (Lipinski definition) is 1.